The van der Waals surface area contributed by atoms with Crippen LogP contribution in [0.15, 0.2) is 24.3 Å². The number of carbonyl (C=O) groups is 2. The predicted molar refractivity (Wildman–Crippen MR) is 94.8 cm³/mol. The van der Waals surface area contributed by atoms with E-state index in [1.807, 2.05) is 4.90 Å². The van der Waals surface area contributed by atoms with Gasteiger partial charge in [-0.25, -0.2) is 0 Å². The number of nitrogens with one attached hydrogen (secondary N) is 1. The van der Waals surface area contributed by atoms with E-state index < -0.39 is 0 Å². The van der Waals surface area contributed by atoms with E-state index in [1.54, 1.807) is 24.3 Å². The molecule has 0 unspecified atom stereocenters. The molecule has 2 aliphatic rings. The van der Waals surface area contributed by atoms with Crippen molar-refractivity contribution in [3.05, 3.63) is 29.8 Å². The summed E-state index contributed by atoms with van der Waals surface area (Å²) in [7, 11) is 0. The fourth-order valence-corrected chi connectivity index (χ4v) is 3.53. The Labute approximate surface area is 148 Å². The van der Waals surface area contributed by atoms with Crippen molar-refractivity contribution in [2.24, 2.45) is 5.92 Å². The molecule has 6 heteroatoms. The number of likely N-dealkylation sites (tertiary alicyclic amines) is 2. The highest BCUT2D eigenvalue weighted by Gasteiger charge is 2.26. The molecule has 0 spiro atoms. The summed E-state index contributed by atoms with van der Waals surface area (Å²) in [5, 5.41) is 11.8. The van der Waals surface area contributed by atoms with Gasteiger partial charge in [-0.15, -0.1) is 0 Å². The van der Waals surface area contributed by atoms with Crippen LogP contribution in [0.3, 0.4) is 0 Å². The van der Waals surface area contributed by atoms with Gasteiger partial charge in [0, 0.05) is 37.7 Å². The van der Waals surface area contributed by atoms with Crippen LogP contribution < -0.4 is 5.32 Å². The van der Waals surface area contributed by atoms with Crippen molar-refractivity contribution in [2.45, 2.75) is 25.7 Å². The Morgan fingerprint density at radius 2 is 2.04 bits per heavy atom. The zero-order chi connectivity index (χ0) is 17.6. The molecule has 2 aliphatic heterocycles. The molecule has 1 aromatic carbocycles. The van der Waals surface area contributed by atoms with Crippen LogP contribution in [-0.2, 0) is 9.59 Å². The summed E-state index contributed by atoms with van der Waals surface area (Å²) in [6.07, 6.45) is 3.33. The third-order valence-electron chi connectivity index (χ3n) is 5.08. The summed E-state index contributed by atoms with van der Waals surface area (Å²) in [5.41, 5.74) is 1.23. The number of nitriles is 1. The van der Waals surface area contributed by atoms with E-state index in [2.05, 4.69) is 16.3 Å². The summed E-state index contributed by atoms with van der Waals surface area (Å²) in [4.78, 5) is 28.3. The highest BCUT2D eigenvalue weighted by molar-refractivity contribution is 5.92. The third-order valence-corrected chi connectivity index (χ3v) is 5.08. The average molecular weight is 340 g/mol. The Morgan fingerprint density at radius 1 is 1.24 bits per heavy atom. The lowest BCUT2D eigenvalue weighted by atomic mass is 9.95. The third kappa shape index (κ3) is 4.58. The Morgan fingerprint density at radius 3 is 2.72 bits per heavy atom. The molecular weight excluding hydrogens is 316 g/mol. The minimum Gasteiger partial charge on any atom is -0.341 e. The highest BCUT2D eigenvalue weighted by Crippen LogP contribution is 2.20. The fourth-order valence-electron chi connectivity index (χ4n) is 3.53. The molecule has 6 nitrogen and oxygen atoms in total. The molecule has 25 heavy (non-hydrogen) atoms. The number of rotatable bonds is 5. The second-order valence-corrected chi connectivity index (χ2v) is 6.78. The molecule has 132 valence electrons. The summed E-state index contributed by atoms with van der Waals surface area (Å²) >= 11 is 0. The maximum Gasteiger partial charge on any atom is 0.227 e. The van der Waals surface area contributed by atoms with E-state index in [0.29, 0.717) is 17.7 Å². The van der Waals surface area contributed by atoms with Crippen molar-refractivity contribution in [1.29, 1.82) is 5.26 Å². The highest BCUT2D eigenvalue weighted by atomic mass is 16.2. The predicted octanol–water partition coefficient (Wildman–Crippen LogP) is 1.83. The van der Waals surface area contributed by atoms with Gasteiger partial charge in [0.25, 0.3) is 0 Å². The largest absolute Gasteiger partial charge is 0.341 e. The number of carbonyl (C=O) groups excluding carboxylic acids is 2. The topological polar surface area (TPSA) is 76.4 Å². The number of hydrogen-bond acceptors (Lipinski definition) is 4. The van der Waals surface area contributed by atoms with Crippen LogP contribution in [0.25, 0.3) is 0 Å². The van der Waals surface area contributed by atoms with Gasteiger partial charge in [0.1, 0.15) is 0 Å². The Balaban J connectivity index is 1.43. The smallest absolute Gasteiger partial charge is 0.227 e. The van der Waals surface area contributed by atoms with Gasteiger partial charge in [-0.3, -0.25) is 9.59 Å². The van der Waals surface area contributed by atoms with Gasteiger partial charge in [0.15, 0.2) is 0 Å². The van der Waals surface area contributed by atoms with Crippen molar-refractivity contribution >= 4 is 17.5 Å². The lowest BCUT2D eigenvalue weighted by Gasteiger charge is -2.32. The minimum atomic E-state index is 0.00964. The number of piperidine rings is 1. The summed E-state index contributed by atoms with van der Waals surface area (Å²) in [6, 6.07) is 9.08. The van der Waals surface area contributed by atoms with Crippen LogP contribution in [0.4, 0.5) is 5.69 Å². The molecular formula is C19H24N4O2. The number of hydrogen-bond donors (Lipinski definition) is 1. The van der Waals surface area contributed by atoms with Crippen molar-refractivity contribution in [3.8, 4) is 6.07 Å². The van der Waals surface area contributed by atoms with E-state index >= 15 is 0 Å². The van der Waals surface area contributed by atoms with Gasteiger partial charge in [0.2, 0.25) is 11.8 Å². The molecule has 2 heterocycles. The Hall–Kier alpha value is -2.39. The van der Waals surface area contributed by atoms with Crippen molar-refractivity contribution in [3.63, 3.8) is 0 Å². The summed E-state index contributed by atoms with van der Waals surface area (Å²) < 4.78 is 0. The Kier molecular flexibility index (Phi) is 5.67. The monoisotopic (exact) mass is 340 g/mol. The number of anilines is 1. The van der Waals surface area contributed by atoms with E-state index in [-0.39, 0.29) is 17.7 Å². The molecule has 1 aromatic rings. The molecule has 0 aliphatic carbocycles. The second kappa shape index (κ2) is 8.13. The van der Waals surface area contributed by atoms with Crippen LogP contribution in [0.2, 0.25) is 0 Å². The minimum absolute atomic E-state index is 0.00964. The molecule has 2 fully saturated rings. The molecule has 0 radical (unpaired) electrons. The molecule has 0 bridgehead atoms. The number of amides is 2. The number of benzene rings is 1. The molecule has 0 aromatic heterocycles. The van der Waals surface area contributed by atoms with Crippen LogP contribution in [0.1, 0.15) is 31.2 Å². The molecule has 0 saturated carbocycles. The first-order valence-corrected chi connectivity index (χ1v) is 8.97. The Bertz CT molecular complexity index is 674. The maximum atomic E-state index is 12.4. The lowest BCUT2D eigenvalue weighted by Crippen LogP contribution is -2.42. The zero-order valence-corrected chi connectivity index (χ0v) is 14.4. The normalized spacial score (nSPS) is 19.0. The molecule has 2 saturated heterocycles. The van der Waals surface area contributed by atoms with Crippen molar-refractivity contribution in [2.75, 3.05) is 38.0 Å². The fraction of sp³-hybridized carbons (Fsp3) is 0.526. The van der Waals surface area contributed by atoms with E-state index in [4.69, 9.17) is 5.26 Å². The number of nitrogens with zero attached hydrogens (tertiary/aromatic N) is 3. The van der Waals surface area contributed by atoms with E-state index in [1.165, 1.54) is 0 Å². The molecule has 3 rings (SSSR count). The summed E-state index contributed by atoms with van der Waals surface area (Å²) in [6.45, 7) is 4.36. The van der Waals surface area contributed by atoms with E-state index in [9.17, 15) is 9.59 Å². The first-order chi connectivity index (χ1) is 12.2. The average Bonchev–Trinajstić information content (AvgIpc) is 3.05. The van der Waals surface area contributed by atoms with Gasteiger partial charge in [-0.05, 0) is 50.6 Å². The van der Waals surface area contributed by atoms with Gasteiger partial charge < -0.3 is 15.1 Å². The van der Waals surface area contributed by atoms with E-state index in [0.717, 1.165) is 52.0 Å². The van der Waals surface area contributed by atoms with Crippen LogP contribution in [0.5, 0.6) is 0 Å². The molecule has 0 atom stereocenters. The zero-order valence-electron chi connectivity index (χ0n) is 14.4. The SMILES string of the molecule is N#Cc1cccc(NC(=O)C2CCN(CCN3CCCC3=O)CC2)c1. The second-order valence-electron chi connectivity index (χ2n) is 6.78. The van der Waals surface area contributed by atoms with Gasteiger partial charge >= 0.3 is 0 Å². The standard InChI is InChI=1S/C19H24N4O2/c20-14-15-3-1-4-17(13-15)21-19(25)16-6-9-22(10-7-16)11-12-23-8-2-5-18(23)24/h1,3-4,13,16H,2,5-12H2,(H,21,25). The maximum absolute atomic E-state index is 12.4. The van der Waals surface area contributed by atoms with Crippen LogP contribution >= 0.6 is 0 Å². The summed E-state index contributed by atoms with van der Waals surface area (Å²) in [5.74, 6) is 0.314. The van der Waals surface area contributed by atoms with Gasteiger partial charge in [0.05, 0.1) is 11.6 Å². The van der Waals surface area contributed by atoms with Crippen LogP contribution in [-0.4, -0.2) is 54.3 Å². The van der Waals surface area contributed by atoms with Gasteiger partial charge in [-0.2, -0.15) is 5.26 Å². The van der Waals surface area contributed by atoms with Crippen molar-refractivity contribution < 1.29 is 9.59 Å². The van der Waals surface area contributed by atoms with Crippen LogP contribution in [0, 0.1) is 17.2 Å². The van der Waals surface area contributed by atoms with Gasteiger partial charge in [-0.1, -0.05) is 6.07 Å². The molecule has 1 N–H and O–H groups in total. The van der Waals surface area contributed by atoms with Crippen molar-refractivity contribution in [1.82, 2.24) is 9.80 Å². The molecule has 2 amide bonds. The first kappa shape index (κ1) is 17.4. The quantitative estimate of drug-likeness (QED) is 0.887. The lowest BCUT2D eigenvalue weighted by molar-refractivity contribution is -0.127. The first-order valence-electron chi connectivity index (χ1n) is 8.97.